The van der Waals surface area contributed by atoms with Gasteiger partial charge in [-0.25, -0.2) is 13.8 Å². The molecule has 0 aliphatic heterocycles. The molecule has 1 amide bonds. The second-order valence-electron chi connectivity index (χ2n) is 6.13. The molecule has 2 heterocycles. The number of hydrogen-bond donors (Lipinski definition) is 3. The van der Waals surface area contributed by atoms with E-state index in [1.165, 1.54) is 18.2 Å². The number of aromatic amines is 2. The van der Waals surface area contributed by atoms with Crippen molar-refractivity contribution in [3.63, 3.8) is 0 Å². The van der Waals surface area contributed by atoms with Crippen LogP contribution in [0.5, 0.6) is 0 Å². The van der Waals surface area contributed by atoms with Crippen LogP contribution in [0.3, 0.4) is 0 Å². The van der Waals surface area contributed by atoms with Gasteiger partial charge in [-0.05, 0) is 35.9 Å². The van der Waals surface area contributed by atoms with Crippen molar-refractivity contribution in [2.75, 3.05) is 0 Å². The topological polar surface area (TPSA) is 113 Å². The van der Waals surface area contributed by atoms with Crippen LogP contribution >= 0.6 is 0 Å². The molecular formula is C19H14F2N6O. The number of nitrogens with two attached hydrogens (primary N) is 1. The van der Waals surface area contributed by atoms with Gasteiger partial charge < -0.3 is 5.73 Å². The van der Waals surface area contributed by atoms with Crippen molar-refractivity contribution in [1.82, 2.24) is 25.4 Å². The standard InChI is InChI=1S/C19H14F2N6O/c20-12-4-1-10(2-5-12)3-6-15-13-7-11(8-14(21)18(13)26-24-15)19-23-17(25-27-19)9-16(22)28/h1-8H,9H2,(H2,22,28)(H,24,26)(H,23,25,27)/b6-3+. The molecule has 0 aliphatic carbocycles. The first kappa shape index (κ1) is 17.5. The molecule has 0 saturated heterocycles. The lowest BCUT2D eigenvalue weighted by molar-refractivity contribution is -0.117. The third kappa shape index (κ3) is 3.50. The molecule has 0 spiro atoms. The number of H-pyrrole nitrogens is 2. The molecule has 0 fully saturated rings. The summed E-state index contributed by atoms with van der Waals surface area (Å²) in [4.78, 5) is 15.2. The molecule has 0 radical (unpaired) electrons. The minimum absolute atomic E-state index is 0.0882. The second kappa shape index (κ2) is 7.03. The first-order chi connectivity index (χ1) is 13.5. The lowest BCUT2D eigenvalue weighted by atomic mass is 10.1. The Kier molecular flexibility index (Phi) is 4.40. The van der Waals surface area contributed by atoms with Crippen molar-refractivity contribution in [2.24, 2.45) is 5.73 Å². The molecule has 4 rings (SSSR count). The summed E-state index contributed by atoms with van der Waals surface area (Å²) in [6.07, 6.45) is 3.39. The van der Waals surface area contributed by atoms with Crippen LogP contribution in [0.2, 0.25) is 0 Å². The maximum Gasteiger partial charge on any atom is 0.225 e. The fourth-order valence-electron chi connectivity index (χ4n) is 2.77. The minimum Gasteiger partial charge on any atom is -0.369 e. The number of nitrogens with zero attached hydrogens (tertiary/aromatic N) is 3. The van der Waals surface area contributed by atoms with Crippen LogP contribution in [-0.2, 0) is 11.2 Å². The van der Waals surface area contributed by atoms with Gasteiger partial charge in [-0.3, -0.25) is 15.0 Å². The fourth-order valence-corrected chi connectivity index (χ4v) is 2.77. The fraction of sp³-hybridized carbons (Fsp3) is 0.0526. The molecule has 0 saturated carbocycles. The van der Waals surface area contributed by atoms with Crippen molar-refractivity contribution < 1.29 is 13.6 Å². The number of nitrogens with one attached hydrogen (secondary N) is 2. The lowest BCUT2D eigenvalue weighted by Gasteiger charge is -1.99. The quantitative estimate of drug-likeness (QED) is 0.494. The summed E-state index contributed by atoms with van der Waals surface area (Å²) in [6, 6.07) is 8.94. The molecular weight excluding hydrogens is 366 g/mol. The molecule has 0 bridgehead atoms. The predicted octanol–water partition coefficient (Wildman–Crippen LogP) is 2.82. The van der Waals surface area contributed by atoms with Crippen molar-refractivity contribution in [3.8, 4) is 11.4 Å². The lowest BCUT2D eigenvalue weighted by Crippen LogP contribution is -2.14. The van der Waals surface area contributed by atoms with Crippen molar-refractivity contribution >= 4 is 29.0 Å². The van der Waals surface area contributed by atoms with E-state index in [0.29, 0.717) is 22.5 Å². The average molecular weight is 380 g/mol. The van der Waals surface area contributed by atoms with E-state index in [9.17, 15) is 13.6 Å². The number of fused-ring (bicyclic) bond motifs is 1. The Morgan fingerprint density at radius 2 is 1.86 bits per heavy atom. The van der Waals surface area contributed by atoms with Gasteiger partial charge in [-0.15, -0.1) is 0 Å². The Balaban J connectivity index is 1.71. The predicted molar refractivity (Wildman–Crippen MR) is 99.7 cm³/mol. The van der Waals surface area contributed by atoms with Crippen LogP contribution in [-0.4, -0.2) is 31.3 Å². The highest BCUT2D eigenvalue weighted by Crippen LogP contribution is 2.27. The SMILES string of the molecule is NC(=O)Cc1nc(-c2cc(F)c3n[nH]c(/C=C/c4ccc(F)cc4)c3c2)n[nH]1. The number of primary amides is 1. The third-order valence-corrected chi connectivity index (χ3v) is 4.09. The van der Waals surface area contributed by atoms with Gasteiger partial charge in [0.15, 0.2) is 11.6 Å². The number of rotatable bonds is 5. The molecule has 4 N–H and O–H groups in total. The molecule has 140 valence electrons. The summed E-state index contributed by atoms with van der Waals surface area (Å²) in [7, 11) is 0. The van der Waals surface area contributed by atoms with Gasteiger partial charge in [0.05, 0.1) is 12.1 Å². The molecule has 0 unspecified atom stereocenters. The smallest absolute Gasteiger partial charge is 0.225 e. The molecule has 28 heavy (non-hydrogen) atoms. The molecule has 9 heteroatoms. The van der Waals surface area contributed by atoms with Crippen molar-refractivity contribution in [1.29, 1.82) is 0 Å². The number of aromatic nitrogens is 5. The van der Waals surface area contributed by atoms with E-state index in [1.807, 2.05) is 0 Å². The van der Waals surface area contributed by atoms with Gasteiger partial charge in [0.25, 0.3) is 0 Å². The van der Waals surface area contributed by atoms with E-state index in [-0.39, 0.29) is 23.6 Å². The van der Waals surface area contributed by atoms with Gasteiger partial charge in [-0.2, -0.15) is 10.2 Å². The molecule has 0 aliphatic rings. The summed E-state index contributed by atoms with van der Waals surface area (Å²) in [5.74, 6) is -0.866. The zero-order chi connectivity index (χ0) is 19.7. The largest absolute Gasteiger partial charge is 0.369 e. The summed E-state index contributed by atoms with van der Waals surface area (Å²) < 4.78 is 27.5. The summed E-state index contributed by atoms with van der Waals surface area (Å²) >= 11 is 0. The number of carbonyl (C=O) groups is 1. The molecule has 0 atom stereocenters. The Morgan fingerprint density at radius 3 is 2.61 bits per heavy atom. The van der Waals surface area contributed by atoms with Gasteiger partial charge in [0.1, 0.15) is 17.2 Å². The van der Waals surface area contributed by atoms with E-state index in [1.54, 1.807) is 30.4 Å². The van der Waals surface area contributed by atoms with Crippen molar-refractivity contribution in [3.05, 3.63) is 65.1 Å². The average Bonchev–Trinajstić information content (AvgIpc) is 3.28. The Labute approximate surface area is 157 Å². The summed E-state index contributed by atoms with van der Waals surface area (Å²) in [6.45, 7) is 0. The van der Waals surface area contributed by atoms with E-state index in [0.717, 1.165) is 5.56 Å². The van der Waals surface area contributed by atoms with Crippen LogP contribution in [0, 0.1) is 11.6 Å². The zero-order valence-corrected chi connectivity index (χ0v) is 14.4. The number of benzene rings is 2. The highest BCUT2D eigenvalue weighted by Gasteiger charge is 2.14. The first-order valence-corrected chi connectivity index (χ1v) is 8.31. The molecule has 2 aromatic heterocycles. The summed E-state index contributed by atoms with van der Waals surface area (Å²) in [5.41, 5.74) is 7.10. The summed E-state index contributed by atoms with van der Waals surface area (Å²) in [5, 5.41) is 13.9. The normalized spacial score (nSPS) is 11.5. The monoisotopic (exact) mass is 380 g/mol. The number of carbonyl (C=O) groups excluding carboxylic acids is 1. The Hall–Kier alpha value is -3.88. The number of amides is 1. The second-order valence-corrected chi connectivity index (χ2v) is 6.13. The number of hydrogen-bond acceptors (Lipinski definition) is 4. The highest BCUT2D eigenvalue weighted by molar-refractivity contribution is 5.92. The van der Waals surface area contributed by atoms with Crippen LogP contribution in [0.4, 0.5) is 8.78 Å². The first-order valence-electron chi connectivity index (χ1n) is 8.31. The highest BCUT2D eigenvalue weighted by atomic mass is 19.1. The van der Waals surface area contributed by atoms with Gasteiger partial charge >= 0.3 is 0 Å². The van der Waals surface area contributed by atoms with Crippen LogP contribution in [0.1, 0.15) is 17.1 Å². The number of halogens is 2. The van der Waals surface area contributed by atoms with Crippen molar-refractivity contribution in [2.45, 2.75) is 6.42 Å². The minimum atomic E-state index is -0.549. The third-order valence-electron chi connectivity index (χ3n) is 4.09. The van der Waals surface area contributed by atoms with Crippen LogP contribution in [0.15, 0.2) is 36.4 Å². The maximum absolute atomic E-state index is 14.5. The van der Waals surface area contributed by atoms with E-state index in [2.05, 4.69) is 25.4 Å². The molecule has 4 aromatic rings. The van der Waals surface area contributed by atoms with Gasteiger partial charge in [-0.1, -0.05) is 18.2 Å². The Bertz CT molecular complexity index is 1190. The Morgan fingerprint density at radius 1 is 1.07 bits per heavy atom. The van der Waals surface area contributed by atoms with Gasteiger partial charge in [0, 0.05) is 10.9 Å². The zero-order valence-electron chi connectivity index (χ0n) is 14.4. The van der Waals surface area contributed by atoms with E-state index in [4.69, 9.17) is 5.73 Å². The van der Waals surface area contributed by atoms with E-state index >= 15 is 0 Å². The van der Waals surface area contributed by atoms with Crippen LogP contribution in [0.25, 0.3) is 34.4 Å². The molecule has 2 aromatic carbocycles. The van der Waals surface area contributed by atoms with Gasteiger partial charge in [0.2, 0.25) is 5.91 Å². The van der Waals surface area contributed by atoms with E-state index < -0.39 is 11.7 Å². The molecule has 7 nitrogen and oxygen atoms in total. The van der Waals surface area contributed by atoms with Crippen LogP contribution < -0.4 is 5.73 Å². The maximum atomic E-state index is 14.5.